The van der Waals surface area contributed by atoms with Gasteiger partial charge in [0.15, 0.2) is 0 Å². The van der Waals surface area contributed by atoms with Crippen molar-refractivity contribution in [3.8, 4) is 11.3 Å². The van der Waals surface area contributed by atoms with Crippen molar-refractivity contribution >= 4 is 34.2 Å². The Morgan fingerprint density at radius 3 is 2.48 bits per heavy atom. The number of benzene rings is 2. The molecule has 1 saturated heterocycles. The highest BCUT2D eigenvalue weighted by atomic mass is 35.5. The normalized spacial score (nSPS) is 15.5. The number of fused-ring (bicyclic) bond motifs is 1. The lowest BCUT2D eigenvalue weighted by Gasteiger charge is -2.32. The predicted molar refractivity (Wildman–Crippen MR) is 126 cm³/mol. The van der Waals surface area contributed by atoms with Gasteiger partial charge in [0.05, 0.1) is 16.7 Å². The van der Waals surface area contributed by atoms with E-state index in [9.17, 15) is 4.79 Å². The minimum Gasteiger partial charge on any atom is -0.305 e. The quantitative estimate of drug-likeness (QED) is 0.442. The molecule has 0 amide bonds. The van der Waals surface area contributed by atoms with Crippen LogP contribution < -0.4 is 5.69 Å². The average Bonchev–Trinajstić information content (AvgIpc) is 3.10. The second-order valence-electron chi connectivity index (χ2n) is 8.03. The maximum Gasteiger partial charge on any atom is 0.326 e. The van der Waals surface area contributed by atoms with E-state index < -0.39 is 0 Å². The minimum atomic E-state index is -0.0579. The highest BCUT2D eigenvalue weighted by Gasteiger charge is 2.23. The van der Waals surface area contributed by atoms with E-state index in [0.717, 1.165) is 59.8 Å². The smallest absolute Gasteiger partial charge is 0.305 e. The number of hydrogen-bond donors (Lipinski definition) is 1. The molecule has 0 radical (unpaired) electrons. The maximum atomic E-state index is 12.6. The summed E-state index contributed by atoms with van der Waals surface area (Å²) in [6, 6.07) is 17.7. The van der Waals surface area contributed by atoms with Gasteiger partial charge in [-0.25, -0.2) is 4.79 Å². The molecular weight excluding hydrogens is 431 g/mol. The van der Waals surface area contributed by atoms with Gasteiger partial charge in [-0.15, -0.1) is 0 Å². The molecule has 31 heavy (non-hydrogen) atoms. The van der Waals surface area contributed by atoms with Crippen LogP contribution in [0.2, 0.25) is 10.0 Å². The summed E-state index contributed by atoms with van der Waals surface area (Å²) in [5.74, 6) is 0. The number of nitrogens with zero attached hydrogens (tertiary/aromatic N) is 3. The molecule has 0 bridgehead atoms. The van der Waals surface area contributed by atoms with Crippen molar-refractivity contribution in [2.45, 2.75) is 25.4 Å². The molecule has 2 aromatic carbocycles. The summed E-state index contributed by atoms with van der Waals surface area (Å²) in [6.45, 7) is 2.75. The molecule has 0 atom stereocenters. The summed E-state index contributed by atoms with van der Waals surface area (Å²) in [4.78, 5) is 22.4. The van der Waals surface area contributed by atoms with Gasteiger partial charge in [0.25, 0.3) is 0 Å². The lowest BCUT2D eigenvalue weighted by atomic mass is 10.0. The molecule has 2 aromatic heterocycles. The second kappa shape index (κ2) is 8.50. The molecule has 7 heteroatoms. The number of pyridine rings is 1. The van der Waals surface area contributed by atoms with Crippen molar-refractivity contribution in [3.05, 3.63) is 86.9 Å². The van der Waals surface area contributed by atoms with E-state index >= 15 is 0 Å². The number of piperidine rings is 1. The summed E-state index contributed by atoms with van der Waals surface area (Å²) in [5, 5.41) is 1.35. The van der Waals surface area contributed by atoms with Crippen molar-refractivity contribution in [2.24, 2.45) is 0 Å². The number of aromatic nitrogens is 3. The van der Waals surface area contributed by atoms with Crippen molar-refractivity contribution in [3.63, 3.8) is 0 Å². The van der Waals surface area contributed by atoms with Crippen LogP contribution in [0.25, 0.3) is 22.3 Å². The summed E-state index contributed by atoms with van der Waals surface area (Å²) >= 11 is 12.1. The Bertz CT molecular complexity index is 1270. The molecular formula is C24H22Cl2N4O. The SMILES string of the molecule is O=c1[nH]c2cc(Cl)ccc2n1C1CCN(Cc2ccnc(-c3ccc(Cl)cc3)c2)CC1. The number of nitrogens with one attached hydrogen (secondary N) is 1. The second-order valence-corrected chi connectivity index (χ2v) is 8.90. The summed E-state index contributed by atoms with van der Waals surface area (Å²) in [7, 11) is 0. The molecule has 5 nitrogen and oxygen atoms in total. The van der Waals surface area contributed by atoms with Gasteiger partial charge < -0.3 is 4.98 Å². The Labute approximate surface area is 190 Å². The van der Waals surface area contributed by atoms with Crippen LogP contribution in [0.5, 0.6) is 0 Å². The zero-order chi connectivity index (χ0) is 21.4. The Balaban J connectivity index is 1.28. The average molecular weight is 453 g/mol. The van der Waals surface area contributed by atoms with Gasteiger partial charge >= 0.3 is 5.69 Å². The van der Waals surface area contributed by atoms with Crippen molar-refractivity contribution in [1.29, 1.82) is 0 Å². The van der Waals surface area contributed by atoms with E-state index in [2.05, 4.69) is 27.0 Å². The van der Waals surface area contributed by atoms with Gasteiger partial charge in [-0.3, -0.25) is 14.5 Å². The Morgan fingerprint density at radius 2 is 1.71 bits per heavy atom. The first-order valence-electron chi connectivity index (χ1n) is 10.4. The van der Waals surface area contributed by atoms with Gasteiger partial charge in [0, 0.05) is 47.5 Å². The van der Waals surface area contributed by atoms with E-state index in [1.54, 1.807) is 0 Å². The molecule has 158 valence electrons. The standard InChI is InChI=1S/C24H22Cl2N4O/c25-18-3-1-17(2-4-18)21-13-16(7-10-27-21)15-29-11-8-20(9-12-29)30-23-6-5-19(26)14-22(23)28-24(30)31/h1-7,10,13-14,20H,8-9,11-12,15H2,(H,28,31). The fourth-order valence-corrected chi connectivity index (χ4v) is 4.71. The number of hydrogen-bond acceptors (Lipinski definition) is 3. The molecule has 1 fully saturated rings. The van der Waals surface area contributed by atoms with E-state index in [1.165, 1.54) is 5.56 Å². The summed E-state index contributed by atoms with van der Waals surface area (Å²) < 4.78 is 1.90. The highest BCUT2D eigenvalue weighted by Crippen LogP contribution is 2.27. The first-order chi connectivity index (χ1) is 15.1. The van der Waals surface area contributed by atoms with Crippen LogP contribution >= 0.6 is 23.2 Å². The van der Waals surface area contributed by atoms with E-state index in [1.807, 2.05) is 53.2 Å². The highest BCUT2D eigenvalue weighted by molar-refractivity contribution is 6.31. The van der Waals surface area contributed by atoms with Crippen LogP contribution in [0.1, 0.15) is 24.4 Å². The first kappa shape index (κ1) is 20.3. The first-order valence-corrected chi connectivity index (χ1v) is 11.2. The molecule has 4 aromatic rings. The fourth-order valence-electron chi connectivity index (χ4n) is 4.41. The largest absolute Gasteiger partial charge is 0.326 e. The summed E-state index contributed by atoms with van der Waals surface area (Å²) in [5.41, 5.74) is 4.91. The van der Waals surface area contributed by atoms with Gasteiger partial charge in [0.2, 0.25) is 0 Å². The molecule has 1 aliphatic heterocycles. The van der Waals surface area contributed by atoms with Gasteiger partial charge in [-0.2, -0.15) is 0 Å². The molecule has 3 heterocycles. The number of halogens is 2. The molecule has 1 N–H and O–H groups in total. The zero-order valence-electron chi connectivity index (χ0n) is 16.9. The third kappa shape index (κ3) is 4.26. The summed E-state index contributed by atoms with van der Waals surface area (Å²) in [6.07, 6.45) is 3.73. The van der Waals surface area contributed by atoms with Crippen molar-refractivity contribution in [2.75, 3.05) is 13.1 Å². The van der Waals surface area contributed by atoms with E-state index in [-0.39, 0.29) is 11.7 Å². The predicted octanol–water partition coefficient (Wildman–Crippen LogP) is 5.54. The van der Waals surface area contributed by atoms with Crippen LogP contribution in [0.3, 0.4) is 0 Å². The Morgan fingerprint density at radius 1 is 0.968 bits per heavy atom. The van der Waals surface area contributed by atoms with Crippen LogP contribution in [0.4, 0.5) is 0 Å². The van der Waals surface area contributed by atoms with Gasteiger partial charge in [-0.1, -0.05) is 35.3 Å². The van der Waals surface area contributed by atoms with Gasteiger partial charge in [0.1, 0.15) is 0 Å². The van der Waals surface area contributed by atoms with Crippen LogP contribution in [0.15, 0.2) is 65.6 Å². The molecule has 0 saturated carbocycles. The van der Waals surface area contributed by atoms with Gasteiger partial charge in [-0.05, 0) is 60.9 Å². The molecule has 0 unspecified atom stereocenters. The number of aromatic amines is 1. The zero-order valence-corrected chi connectivity index (χ0v) is 18.4. The fraction of sp³-hybridized carbons (Fsp3) is 0.250. The lowest BCUT2D eigenvalue weighted by Crippen LogP contribution is -2.36. The molecule has 0 spiro atoms. The number of rotatable bonds is 4. The van der Waals surface area contributed by atoms with Crippen LogP contribution in [-0.2, 0) is 6.54 Å². The Kier molecular flexibility index (Phi) is 5.57. The number of H-pyrrole nitrogens is 1. The molecule has 0 aliphatic carbocycles. The van der Waals surface area contributed by atoms with Crippen LogP contribution in [0, 0.1) is 0 Å². The monoisotopic (exact) mass is 452 g/mol. The third-order valence-corrected chi connectivity index (χ3v) is 6.46. The lowest BCUT2D eigenvalue weighted by molar-refractivity contribution is 0.180. The van der Waals surface area contributed by atoms with Crippen LogP contribution in [-0.4, -0.2) is 32.5 Å². The third-order valence-electron chi connectivity index (χ3n) is 5.97. The topological polar surface area (TPSA) is 53.9 Å². The number of imidazole rings is 1. The molecule has 5 rings (SSSR count). The minimum absolute atomic E-state index is 0.0579. The number of likely N-dealkylation sites (tertiary alicyclic amines) is 1. The van der Waals surface area contributed by atoms with E-state index in [0.29, 0.717) is 5.02 Å². The van der Waals surface area contributed by atoms with E-state index in [4.69, 9.17) is 23.2 Å². The van der Waals surface area contributed by atoms with Crippen molar-refractivity contribution < 1.29 is 0 Å². The Hall–Kier alpha value is -2.60. The molecule has 1 aliphatic rings. The van der Waals surface area contributed by atoms with Crippen molar-refractivity contribution in [1.82, 2.24) is 19.4 Å². The maximum absolute atomic E-state index is 12.6.